The number of methoxy groups -OCH3 is 1. The van der Waals surface area contributed by atoms with E-state index in [1.54, 1.807) is 18.9 Å². The number of thioether (sulfide) groups is 1. The lowest BCUT2D eigenvalue weighted by molar-refractivity contribution is -0.129. The molecule has 4 rings (SSSR count). The zero-order chi connectivity index (χ0) is 18.6. The topological polar surface area (TPSA) is 47.4 Å². The summed E-state index contributed by atoms with van der Waals surface area (Å²) in [5, 5.41) is 0. The number of hydrogen-bond donors (Lipinski definition) is 0. The van der Waals surface area contributed by atoms with Crippen LogP contribution in [0.3, 0.4) is 0 Å². The molecule has 2 aromatic rings. The highest BCUT2D eigenvalue weighted by Gasteiger charge is 2.29. The average Bonchev–Trinajstić information content (AvgIpc) is 3.41. The maximum Gasteiger partial charge on any atom is 0.232 e. The summed E-state index contributed by atoms with van der Waals surface area (Å²) in [6.07, 6.45) is 8.87. The molecule has 1 atom stereocenters. The molecule has 6 heteroatoms. The Balaban J connectivity index is 1.34. The van der Waals surface area contributed by atoms with Gasteiger partial charge in [-0.3, -0.25) is 4.79 Å². The monoisotopic (exact) mass is 385 g/mol. The number of likely N-dealkylation sites (tertiary alicyclic amines) is 1. The molecule has 0 spiro atoms. The summed E-state index contributed by atoms with van der Waals surface area (Å²) in [6, 6.07) is 7.88. The first kappa shape index (κ1) is 18.4. The van der Waals surface area contributed by atoms with E-state index in [9.17, 15) is 4.79 Å². The van der Waals surface area contributed by atoms with Crippen LogP contribution < -0.4 is 4.74 Å². The molecule has 144 valence electrons. The molecular formula is C21H27N3O2S. The molecule has 0 bridgehead atoms. The third-order valence-corrected chi connectivity index (χ3v) is 6.42. The largest absolute Gasteiger partial charge is 0.497 e. The second kappa shape index (κ2) is 8.38. The van der Waals surface area contributed by atoms with Crippen LogP contribution in [0.2, 0.25) is 0 Å². The number of rotatable bonds is 7. The van der Waals surface area contributed by atoms with Crippen LogP contribution in [0.1, 0.15) is 37.4 Å². The molecule has 1 aromatic carbocycles. The van der Waals surface area contributed by atoms with Crippen molar-refractivity contribution in [3.8, 4) is 5.75 Å². The van der Waals surface area contributed by atoms with Crippen molar-refractivity contribution in [2.75, 3.05) is 26.0 Å². The van der Waals surface area contributed by atoms with E-state index >= 15 is 0 Å². The Labute approximate surface area is 165 Å². The van der Waals surface area contributed by atoms with E-state index in [-0.39, 0.29) is 5.91 Å². The van der Waals surface area contributed by atoms with Gasteiger partial charge in [0.25, 0.3) is 0 Å². The number of ether oxygens (including phenoxy) is 1. The molecule has 1 aliphatic carbocycles. The summed E-state index contributed by atoms with van der Waals surface area (Å²) in [7, 11) is 1.66. The SMILES string of the molecule is COc1cccc(SCC(=O)N2CCCC(c3nccn3CC3CC3)C2)c1. The minimum Gasteiger partial charge on any atom is -0.497 e. The number of aromatic nitrogens is 2. The van der Waals surface area contributed by atoms with Crippen LogP contribution in [-0.2, 0) is 11.3 Å². The number of nitrogens with zero attached hydrogens (tertiary/aromatic N) is 3. The molecule has 5 nitrogen and oxygen atoms in total. The summed E-state index contributed by atoms with van der Waals surface area (Å²) in [5.41, 5.74) is 0. The highest BCUT2D eigenvalue weighted by Crippen LogP contribution is 2.33. The maximum absolute atomic E-state index is 12.8. The first-order chi connectivity index (χ1) is 13.2. The molecule has 1 amide bonds. The van der Waals surface area contributed by atoms with Gasteiger partial charge in [0.1, 0.15) is 11.6 Å². The van der Waals surface area contributed by atoms with Gasteiger partial charge in [0.2, 0.25) is 5.91 Å². The zero-order valence-corrected chi connectivity index (χ0v) is 16.7. The van der Waals surface area contributed by atoms with Crippen molar-refractivity contribution >= 4 is 17.7 Å². The van der Waals surface area contributed by atoms with E-state index in [0.29, 0.717) is 11.7 Å². The summed E-state index contributed by atoms with van der Waals surface area (Å²) < 4.78 is 7.58. The molecule has 27 heavy (non-hydrogen) atoms. The summed E-state index contributed by atoms with van der Waals surface area (Å²) >= 11 is 1.58. The molecular weight excluding hydrogens is 358 g/mol. The molecule has 1 aliphatic heterocycles. The normalized spacial score (nSPS) is 19.9. The number of hydrogen-bond acceptors (Lipinski definition) is 4. The van der Waals surface area contributed by atoms with Gasteiger partial charge in [0.15, 0.2) is 0 Å². The lowest BCUT2D eigenvalue weighted by Crippen LogP contribution is -2.40. The van der Waals surface area contributed by atoms with Crippen molar-refractivity contribution < 1.29 is 9.53 Å². The number of benzene rings is 1. The van der Waals surface area contributed by atoms with Crippen molar-refractivity contribution in [1.29, 1.82) is 0 Å². The predicted octanol–water partition coefficient (Wildman–Crippen LogP) is 3.80. The van der Waals surface area contributed by atoms with Gasteiger partial charge in [-0.1, -0.05) is 6.07 Å². The second-order valence-corrected chi connectivity index (χ2v) is 8.58. The van der Waals surface area contributed by atoms with Crippen LogP contribution in [0.4, 0.5) is 0 Å². The van der Waals surface area contributed by atoms with Gasteiger partial charge in [-0.2, -0.15) is 0 Å². The second-order valence-electron chi connectivity index (χ2n) is 7.53. The fourth-order valence-electron chi connectivity index (χ4n) is 3.76. The Morgan fingerprint density at radius 3 is 3.04 bits per heavy atom. The molecule has 1 saturated heterocycles. The third-order valence-electron chi connectivity index (χ3n) is 5.44. The smallest absolute Gasteiger partial charge is 0.232 e. The number of carbonyl (C=O) groups excluding carboxylic acids is 1. The van der Waals surface area contributed by atoms with E-state index < -0.39 is 0 Å². The molecule has 1 saturated carbocycles. The van der Waals surface area contributed by atoms with Crippen molar-refractivity contribution in [1.82, 2.24) is 14.5 Å². The predicted molar refractivity (Wildman–Crippen MR) is 107 cm³/mol. The highest BCUT2D eigenvalue weighted by molar-refractivity contribution is 8.00. The lowest BCUT2D eigenvalue weighted by atomic mass is 9.97. The van der Waals surface area contributed by atoms with Gasteiger partial charge >= 0.3 is 0 Å². The first-order valence-electron chi connectivity index (χ1n) is 9.78. The molecule has 0 radical (unpaired) electrons. The molecule has 2 aliphatic rings. The quantitative estimate of drug-likeness (QED) is 0.680. The molecule has 1 aromatic heterocycles. The van der Waals surface area contributed by atoms with E-state index in [0.717, 1.165) is 49.0 Å². The van der Waals surface area contributed by atoms with Gasteiger partial charge in [0.05, 0.1) is 12.9 Å². The zero-order valence-electron chi connectivity index (χ0n) is 15.8. The van der Waals surface area contributed by atoms with E-state index in [4.69, 9.17) is 4.74 Å². The fraction of sp³-hybridized carbons (Fsp3) is 0.524. The molecule has 0 N–H and O–H groups in total. The summed E-state index contributed by atoms with van der Waals surface area (Å²) in [6.45, 7) is 2.74. The summed E-state index contributed by atoms with van der Waals surface area (Å²) in [4.78, 5) is 20.5. The minimum absolute atomic E-state index is 0.216. The van der Waals surface area contributed by atoms with Crippen molar-refractivity contribution in [3.05, 3.63) is 42.5 Å². The van der Waals surface area contributed by atoms with Crippen LogP contribution in [0.25, 0.3) is 0 Å². The standard InChI is InChI=1S/C21H27N3O2S/c1-26-18-5-2-6-19(12-18)27-15-20(25)23-10-3-4-17(14-23)21-22-9-11-24(21)13-16-7-8-16/h2,5-6,9,11-12,16-17H,3-4,7-8,10,13-15H2,1H3. The van der Waals surface area contributed by atoms with Crippen LogP contribution >= 0.6 is 11.8 Å². The number of imidazole rings is 1. The van der Waals surface area contributed by atoms with E-state index in [1.807, 2.05) is 35.4 Å². The van der Waals surface area contributed by atoms with Gasteiger partial charge in [-0.15, -0.1) is 11.8 Å². The highest BCUT2D eigenvalue weighted by atomic mass is 32.2. The van der Waals surface area contributed by atoms with Crippen LogP contribution in [0, 0.1) is 5.92 Å². The Hall–Kier alpha value is -1.95. The Morgan fingerprint density at radius 1 is 1.33 bits per heavy atom. The van der Waals surface area contributed by atoms with Crippen LogP contribution in [-0.4, -0.2) is 46.3 Å². The lowest BCUT2D eigenvalue weighted by Gasteiger charge is -2.32. The average molecular weight is 386 g/mol. The molecule has 2 fully saturated rings. The maximum atomic E-state index is 12.8. The summed E-state index contributed by atoms with van der Waals surface area (Å²) in [5.74, 6) is 3.87. The van der Waals surface area contributed by atoms with Gasteiger partial charge < -0.3 is 14.2 Å². The first-order valence-corrected chi connectivity index (χ1v) is 10.8. The van der Waals surface area contributed by atoms with Gasteiger partial charge in [-0.05, 0) is 49.8 Å². The van der Waals surface area contributed by atoms with Gasteiger partial charge in [-0.25, -0.2) is 4.98 Å². The van der Waals surface area contributed by atoms with E-state index in [2.05, 4.69) is 15.7 Å². The van der Waals surface area contributed by atoms with Crippen molar-refractivity contribution in [2.24, 2.45) is 5.92 Å². The van der Waals surface area contributed by atoms with E-state index in [1.165, 1.54) is 18.7 Å². The van der Waals surface area contributed by atoms with Crippen LogP contribution in [0.5, 0.6) is 5.75 Å². The Morgan fingerprint density at radius 2 is 2.22 bits per heavy atom. The molecule has 1 unspecified atom stereocenters. The van der Waals surface area contributed by atoms with Crippen molar-refractivity contribution in [3.63, 3.8) is 0 Å². The minimum atomic E-state index is 0.216. The van der Waals surface area contributed by atoms with Gasteiger partial charge in [0, 0.05) is 42.8 Å². The van der Waals surface area contributed by atoms with Crippen LogP contribution in [0.15, 0.2) is 41.6 Å². The number of amides is 1. The molecule has 2 heterocycles. The fourth-order valence-corrected chi connectivity index (χ4v) is 4.60. The number of carbonyl (C=O) groups is 1. The Kier molecular flexibility index (Phi) is 5.72. The third kappa shape index (κ3) is 4.67. The number of piperidine rings is 1. The Bertz CT molecular complexity index is 787. The van der Waals surface area contributed by atoms with Crippen molar-refractivity contribution in [2.45, 2.75) is 43.0 Å².